The van der Waals surface area contributed by atoms with Crippen molar-refractivity contribution >= 4 is 6.09 Å². The Labute approximate surface area is 85.6 Å². The van der Waals surface area contributed by atoms with Gasteiger partial charge in [0.2, 0.25) is 0 Å². The maximum Gasteiger partial charge on any atom is 0.410 e. The van der Waals surface area contributed by atoms with Crippen LogP contribution in [-0.2, 0) is 4.74 Å². The molecule has 4 nitrogen and oxygen atoms in total. The molecule has 2 N–H and O–H groups in total. The SMILES string of the molecule is C[C@@H]1C[NH2+]CCN1C(=O)OC(C)(C)C. The van der Waals surface area contributed by atoms with Gasteiger partial charge in [0.05, 0.1) is 25.7 Å². The zero-order valence-electron chi connectivity index (χ0n) is 9.54. The van der Waals surface area contributed by atoms with Crippen LogP contribution in [0.15, 0.2) is 0 Å². The number of carbonyl (C=O) groups excluding carboxylic acids is 1. The van der Waals surface area contributed by atoms with Crippen molar-refractivity contribution in [1.29, 1.82) is 0 Å². The van der Waals surface area contributed by atoms with Crippen molar-refractivity contribution in [3.8, 4) is 0 Å². The van der Waals surface area contributed by atoms with Gasteiger partial charge in [-0.3, -0.25) is 4.90 Å². The summed E-state index contributed by atoms with van der Waals surface area (Å²) in [6, 6.07) is 0.276. The molecule has 0 saturated carbocycles. The third kappa shape index (κ3) is 3.18. The van der Waals surface area contributed by atoms with E-state index in [9.17, 15) is 4.79 Å². The molecule has 1 rings (SSSR count). The van der Waals surface area contributed by atoms with Crippen molar-refractivity contribution in [2.75, 3.05) is 19.6 Å². The second-order valence-corrected chi connectivity index (χ2v) is 4.84. The van der Waals surface area contributed by atoms with E-state index in [-0.39, 0.29) is 12.1 Å². The quantitative estimate of drug-likeness (QED) is 0.608. The fraction of sp³-hybridized carbons (Fsp3) is 0.900. The number of rotatable bonds is 0. The van der Waals surface area contributed by atoms with E-state index >= 15 is 0 Å². The van der Waals surface area contributed by atoms with Crippen molar-refractivity contribution in [1.82, 2.24) is 4.90 Å². The molecule has 0 aromatic heterocycles. The number of amides is 1. The van der Waals surface area contributed by atoms with Crippen LogP contribution >= 0.6 is 0 Å². The molecule has 82 valence electrons. The monoisotopic (exact) mass is 201 g/mol. The molecule has 0 aliphatic carbocycles. The Morgan fingerprint density at radius 1 is 1.50 bits per heavy atom. The Balaban J connectivity index is 2.50. The number of piperazine rings is 1. The highest BCUT2D eigenvalue weighted by Gasteiger charge is 2.29. The lowest BCUT2D eigenvalue weighted by Crippen LogP contribution is -2.91. The van der Waals surface area contributed by atoms with Crippen LogP contribution in [0.4, 0.5) is 4.79 Å². The molecule has 1 atom stereocenters. The smallest absolute Gasteiger partial charge is 0.410 e. The highest BCUT2D eigenvalue weighted by Crippen LogP contribution is 2.11. The number of nitrogens with two attached hydrogens (primary N) is 1. The summed E-state index contributed by atoms with van der Waals surface area (Å²) in [5.74, 6) is 0. The van der Waals surface area contributed by atoms with Crippen molar-refractivity contribution in [3.05, 3.63) is 0 Å². The molecule has 0 unspecified atom stereocenters. The van der Waals surface area contributed by atoms with E-state index in [4.69, 9.17) is 4.74 Å². The topological polar surface area (TPSA) is 46.2 Å². The molecule has 0 spiro atoms. The number of hydrogen-bond acceptors (Lipinski definition) is 2. The molecule has 1 aliphatic rings. The fourth-order valence-electron chi connectivity index (χ4n) is 1.53. The van der Waals surface area contributed by atoms with Crippen LogP contribution in [0.25, 0.3) is 0 Å². The number of hydrogen-bond donors (Lipinski definition) is 1. The van der Waals surface area contributed by atoms with Crippen molar-refractivity contribution < 1.29 is 14.8 Å². The summed E-state index contributed by atoms with van der Waals surface area (Å²) in [5, 5.41) is 2.23. The molecule has 1 amide bonds. The average Bonchev–Trinajstić information content (AvgIpc) is 2.01. The highest BCUT2D eigenvalue weighted by atomic mass is 16.6. The first-order valence-electron chi connectivity index (χ1n) is 5.21. The molecule has 0 bridgehead atoms. The maximum atomic E-state index is 11.7. The minimum atomic E-state index is -0.391. The van der Waals surface area contributed by atoms with E-state index in [0.717, 1.165) is 19.6 Å². The van der Waals surface area contributed by atoms with Gasteiger partial charge < -0.3 is 10.1 Å². The third-order valence-electron chi connectivity index (χ3n) is 2.24. The molecule has 1 heterocycles. The second kappa shape index (κ2) is 4.17. The molecule has 0 radical (unpaired) electrons. The fourth-order valence-corrected chi connectivity index (χ4v) is 1.53. The van der Waals surface area contributed by atoms with Gasteiger partial charge in [-0.1, -0.05) is 0 Å². The predicted molar refractivity (Wildman–Crippen MR) is 54.1 cm³/mol. The minimum Gasteiger partial charge on any atom is -0.444 e. The zero-order valence-corrected chi connectivity index (χ0v) is 9.54. The summed E-state index contributed by atoms with van der Waals surface area (Å²) in [7, 11) is 0. The van der Waals surface area contributed by atoms with Crippen LogP contribution in [0.2, 0.25) is 0 Å². The van der Waals surface area contributed by atoms with Gasteiger partial charge in [-0.05, 0) is 27.7 Å². The first kappa shape index (κ1) is 11.3. The summed E-state index contributed by atoms with van der Waals surface area (Å²) < 4.78 is 5.32. The molecule has 1 aliphatic heterocycles. The zero-order chi connectivity index (χ0) is 10.8. The van der Waals surface area contributed by atoms with Crippen molar-refractivity contribution in [3.63, 3.8) is 0 Å². The molecule has 4 heteroatoms. The van der Waals surface area contributed by atoms with Crippen LogP contribution in [0.5, 0.6) is 0 Å². The molecular weight excluding hydrogens is 180 g/mol. The van der Waals surface area contributed by atoms with Gasteiger partial charge in [0.25, 0.3) is 0 Å². The Hall–Kier alpha value is -0.770. The lowest BCUT2D eigenvalue weighted by molar-refractivity contribution is -0.667. The largest absolute Gasteiger partial charge is 0.444 e. The van der Waals surface area contributed by atoms with E-state index in [1.54, 1.807) is 0 Å². The summed E-state index contributed by atoms with van der Waals surface area (Å²) in [4.78, 5) is 13.5. The van der Waals surface area contributed by atoms with Crippen LogP contribution in [0.1, 0.15) is 27.7 Å². The van der Waals surface area contributed by atoms with E-state index in [1.807, 2.05) is 25.7 Å². The van der Waals surface area contributed by atoms with E-state index < -0.39 is 5.60 Å². The molecular formula is C10H21N2O2+. The lowest BCUT2D eigenvalue weighted by Gasteiger charge is -2.33. The molecule has 0 aromatic carbocycles. The summed E-state index contributed by atoms with van der Waals surface area (Å²) in [5.41, 5.74) is -0.391. The Morgan fingerprint density at radius 3 is 2.64 bits per heavy atom. The minimum absolute atomic E-state index is 0.182. The number of carbonyl (C=O) groups is 1. The van der Waals surface area contributed by atoms with Crippen LogP contribution in [0, 0.1) is 0 Å². The molecule has 0 aromatic rings. The standard InChI is InChI=1S/C10H20N2O2/c1-8-7-11-5-6-12(8)9(13)14-10(2,3)4/h8,11H,5-7H2,1-4H3/p+1/t8-/m1/s1. The van der Waals surface area contributed by atoms with E-state index in [0.29, 0.717) is 0 Å². The first-order valence-corrected chi connectivity index (χ1v) is 5.21. The lowest BCUT2D eigenvalue weighted by atomic mass is 10.2. The second-order valence-electron chi connectivity index (χ2n) is 4.84. The summed E-state index contributed by atoms with van der Waals surface area (Å²) >= 11 is 0. The molecule has 14 heavy (non-hydrogen) atoms. The van der Waals surface area contributed by atoms with Gasteiger partial charge in [0.1, 0.15) is 5.60 Å². The first-order chi connectivity index (χ1) is 6.40. The van der Waals surface area contributed by atoms with Crippen LogP contribution < -0.4 is 5.32 Å². The van der Waals surface area contributed by atoms with E-state index in [1.165, 1.54) is 0 Å². The molecule has 1 fully saturated rings. The van der Waals surface area contributed by atoms with Gasteiger partial charge in [-0.15, -0.1) is 0 Å². The maximum absolute atomic E-state index is 11.7. The Morgan fingerprint density at radius 2 is 2.14 bits per heavy atom. The van der Waals surface area contributed by atoms with Gasteiger partial charge in [0.15, 0.2) is 0 Å². The predicted octanol–water partition coefficient (Wildman–Crippen LogP) is 0.189. The van der Waals surface area contributed by atoms with Crippen LogP contribution in [0.3, 0.4) is 0 Å². The van der Waals surface area contributed by atoms with Gasteiger partial charge in [-0.25, -0.2) is 4.79 Å². The van der Waals surface area contributed by atoms with Crippen LogP contribution in [-0.4, -0.2) is 42.3 Å². The number of quaternary nitrogens is 1. The third-order valence-corrected chi connectivity index (χ3v) is 2.24. The summed E-state index contributed by atoms with van der Waals surface area (Å²) in [6.45, 7) is 10.5. The van der Waals surface area contributed by atoms with Gasteiger partial charge >= 0.3 is 6.09 Å². The Bertz CT molecular complexity index is 211. The average molecular weight is 201 g/mol. The Kier molecular flexibility index (Phi) is 3.37. The number of ether oxygens (including phenoxy) is 1. The van der Waals surface area contributed by atoms with Gasteiger partial charge in [-0.2, -0.15) is 0 Å². The van der Waals surface area contributed by atoms with Crippen molar-refractivity contribution in [2.24, 2.45) is 0 Å². The van der Waals surface area contributed by atoms with Gasteiger partial charge in [0, 0.05) is 0 Å². The number of nitrogens with zero attached hydrogens (tertiary/aromatic N) is 1. The van der Waals surface area contributed by atoms with E-state index in [2.05, 4.69) is 12.2 Å². The summed E-state index contributed by atoms with van der Waals surface area (Å²) in [6.07, 6.45) is -0.182. The highest BCUT2D eigenvalue weighted by molar-refractivity contribution is 5.68. The van der Waals surface area contributed by atoms with Crippen molar-refractivity contribution in [2.45, 2.75) is 39.3 Å². The normalized spacial score (nSPS) is 23.4. The molecule has 1 saturated heterocycles.